The lowest BCUT2D eigenvalue weighted by atomic mass is 10.1. The molecule has 4 nitrogen and oxygen atoms in total. The Morgan fingerprint density at radius 3 is 2.90 bits per heavy atom. The van der Waals surface area contributed by atoms with E-state index in [4.69, 9.17) is 5.10 Å². The van der Waals surface area contributed by atoms with Gasteiger partial charge >= 0.3 is 0 Å². The van der Waals surface area contributed by atoms with Crippen LogP contribution in [0, 0.1) is 6.92 Å². The molecule has 1 fully saturated rings. The maximum absolute atomic E-state index is 4.81. The summed E-state index contributed by atoms with van der Waals surface area (Å²) in [6, 6.07) is 3.13. The lowest BCUT2D eigenvalue weighted by Crippen LogP contribution is -2.23. The fraction of sp³-hybridized carbons (Fsp3) is 0.625. The van der Waals surface area contributed by atoms with Gasteiger partial charge in [0.15, 0.2) is 0 Å². The molecule has 5 heteroatoms. The summed E-state index contributed by atoms with van der Waals surface area (Å²) in [5.41, 5.74) is 4.26. The van der Waals surface area contributed by atoms with Crippen molar-refractivity contribution >= 4 is 11.3 Å². The smallest absolute Gasteiger partial charge is 0.0798 e. The first-order valence-corrected chi connectivity index (χ1v) is 8.83. The van der Waals surface area contributed by atoms with Crippen LogP contribution in [0.1, 0.15) is 61.0 Å². The predicted molar refractivity (Wildman–Crippen MR) is 86.7 cm³/mol. The molecule has 0 aliphatic heterocycles. The Hall–Kier alpha value is -1.20. The zero-order chi connectivity index (χ0) is 14.7. The second-order valence-electron chi connectivity index (χ2n) is 5.84. The molecule has 0 bridgehead atoms. The van der Waals surface area contributed by atoms with Gasteiger partial charge in [-0.15, -0.1) is 11.3 Å². The van der Waals surface area contributed by atoms with Gasteiger partial charge in [-0.05, 0) is 32.4 Å². The lowest BCUT2D eigenvalue weighted by Gasteiger charge is -2.16. The molecule has 1 N–H and O–H groups in total. The van der Waals surface area contributed by atoms with Gasteiger partial charge < -0.3 is 5.32 Å². The standard InChI is InChI=1S/C16H24N4S/c1-3-17-15(16-12(2)18-11-21-16)10-13-8-9-20(19-13)14-6-4-5-7-14/h8-9,11,14-15,17H,3-7,10H2,1-2H3. The average Bonchev–Trinajstić information content (AvgIpc) is 3.18. The minimum absolute atomic E-state index is 0.328. The molecule has 0 radical (unpaired) electrons. The highest BCUT2D eigenvalue weighted by Gasteiger charge is 2.20. The Bertz CT molecular complexity index is 568. The predicted octanol–water partition coefficient (Wildman–Crippen LogP) is 3.66. The summed E-state index contributed by atoms with van der Waals surface area (Å²) >= 11 is 1.74. The molecule has 3 rings (SSSR count). The molecule has 1 unspecified atom stereocenters. The molecule has 1 atom stereocenters. The lowest BCUT2D eigenvalue weighted by molar-refractivity contribution is 0.457. The molecule has 1 saturated carbocycles. The van der Waals surface area contributed by atoms with Crippen molar-refractivity contribution in [1.29, 1.82) is 0 Å². The van der Waals surface area contributed by atoms with E-state index in [1.54, 1.807) is 11.3 Å². The van der Waals surface area contributed by atoms with Gasteiger partial charge in [-0.25, -0.2) is 4.98 Å². The molecule has 2 aromatic heterocycles. The number of likely N-dealkylation sites (N-methyl/N-ethyl adjacent to an activating group) is 1. The highest BCUT2D eigenvalue weighted by molar-refractivity contribution is 7.09. The van der Waals surface area contributed by atoms with E-state index in [9.17, 15) is 0 Å². The van der Waals surface area contributed by atoms with Gasteiger partial charge in [-0.1, -0.05) is 19.8 Å². The van der Waals surface area contributed by atoms with Crippen molar-refractivity contribution in [1.82, 2.24) is 20.1 Å². The molecule has 1 aliphatic rings. The van der Waals surface area contributed by atoms with E-state index in [2.05, 4.69) is 41.1 Å². The van der Waals surface area contributed by atoms with Crippen LogP contribution in [-0.4, -0.2) is 21.3 Å². The molecule has 21 heavy (non-hydrogen) atoms. The van der Waals surface area contributed by atoms with Crippen LogP contribution in [0.5, 0.6) is 0 Å². The van der Waals surface area contributed by atoms with E-state index in [0.717, 1.165) is 18.7 Å². The summed E-state index contributed by atoms with van der Waals surface area (Å²) < 4.78 is 2.19. The second kappa shape index (κ2) is 6.71. The highest BCUT2D eigenvalue weighted by atomic mass is 32.1. The first-order valence-electron chi connectivity index (χ1n) is 7.95. The molecule has 0 aromatic carbocycles. The number of hydrogen-bond acceptors (Lipinski definition) is 4. The van der Waals surface area contributed by atoms with Crippen LogP contribution >= 0.6 is 11.3 Å². The molecule has 0 amide bonds. The molecule has 2 heterocycles. The summed E-state index contributed by atoms with van der Waals surface area (Å²) in [6.45, 7) is 5.21. The van der Waals surface area contributed by atoms with Crippen molar-refractivity contribution in [3.63, 3.8) is 0 Å². The maximum Gasteiger partial charge on any atom is 0.0798 e. The topological polar surface area (TPSA) is 42.7 Å². The molecule has 114 valence electrons. The largest absolute Gasteiger partial charge is 0.309 e. The summed E-state index contributed by atoms with van der Waals surface area (Å²) in [5, 5.41) is 8.39. The maximum atomic E-state index is 4.81. The number of thiazole rings is 1. The number of aryl methyl sites for hydroxylation is 1. The van der Waals surface area contributed by atoms with Crippen LogP contribution in [0.4, 0.5) is 0 Å². The van der Waals surface area contributed by atoms with Gasteiger partial charge in [0.1, 0.15) is 0 Å². The number of hydrogen-bond donors (Lipinski definition) is 1. The average molecular weight is 304 g/mol. The van der Waals surface area contributed by atoms with Crippen LogP contribution in [0.2, 0.25) is 0 Å². The summed E-state index contributed by atoms with van der Waals surface area (Å²) in [5.74, 6) is 0. The first-order chi connectivity index (χ1) is 10.3. The van der Waals surface area contributed by atoms with Crippen molar-refractivity contribution in [3.8, 4) is 0 Å². The van der Waals surface area contributed by atoms with Crippen LogP contribution in [0.25, 0.3) is 0 Å². The van der Waals surface area contributed by atoms with Crippen LogP contribution in [0.15, 0.2) is 17.8 Å². The normalized spacial score (nSPS) is 17.4. The Labute approximate surface area is 130 Å². The first kappa shape index (κ1) is 14.7. The van der Waals surface area contributed by atoms with Crippen LogP contribution in [0.3, 0.4) is 0 Å². The minimum atomic E-state index is 0.328. The number of nitrogens with one attached hydrogen (secondary N) is 1. The fourth-order valence-electron chi connectivity index (χ4n) is 3.22. The number of aromatic nitrogens is 3. The number of nitrogens with zero attached hydrogens (tertiary/aromatic N) is 3. The van der Waals surface area contributed by atoms with E-state index in [-0.39, 0.29) is 0 Å². The summed E-state index contributed by atoms with van der Waals surface area (Å²) in [4.78, 5) is 5.72. The monoisotopic (exact) mass is 304 g/mol. The van der Waals surface area contributed by atoms with Crippen LogP contribution < -0.4 is 5.32 Å². The quantitative estimate of drug-likeness (QED) is 0.885. The Kier molecular flexibility index (Phi) is 4.70. The van der Waals surface area contributed by atoms with E-state index in [0.29, 0.717) is 12.1 Å². The van der Waals surface area contributed by atoms with E-state index in [1.165, 1.54) is 36.3 Å². The minimum Gasteiger partial charge on any atom is -0.309 e. The van der Waals surface area contributed by atoms with Gasteiger partial charge in [0.05, 0.1) is 22.9 Å². The fourth-order valence-corrected chi connectivity index (χ4v) is 4.10. The molecule has 0 saturated heterocycles. The third-order valence-corrected chi connectivity index (χ3v) is 5.37. The van der Waals surface area contributed by atoms with Crippen molar-refractivity contribution in [3.05, 3.63) is 34.0 Å². The van der Waals surface area contributed by atoms with E-state index < -0.39 is 0 Å². The Balaban J connectivity index is 1.72. The molecular weight excluding hydrogens is 280 g/mol. The zero-order valence-electron chi connectivity index (χ0n) is 12.9. The number of rotatable bonds is 6. The van der Waals surface area contributed by atoms with Crippen molar-refractivity contribution in [2.45, 2.75) is 58.0 Å². The van der Waals surface area contributed by atoms with Gasteiger partial charge in [-0.2, -0.15) is 5.10 Å². The van der Waals surface area contributed by atoms with Crippen molar-refractivity contribution < 1.29 is 0 Å². The van der Waals surface area contributed by atoms with Crippen molar-refractivity contribution in [2.75, 3.05) is 6.54 Å². The summed E-state index contributed by atoms with van der Waals surface area (Å²) in [6.07, 6.45) is 8.36. The molecular formula is C16H24N4S. The van der Waals surface area contributed by atoms with Crippen molar-refractivity contribution in [2.24, 2.45) is 0 Å². The SMILES string of the molecule is CCNC(Cc1ccn(C2CCCC2)n1)c1scnc1C. The molecule has 1 aliphatic carbocycles. The van der Waals surface area contributed by atoms with E-state index in [1.807, 2.05) is 5.51 Å². The van der Waals surface area contributed by atoms with Gasteiger partial charge in [-0.3, -0.25) is 4.68 Å². The second-order valence-corrected chi connectivity index (χ2v) is 6.73. The summed E-state index contributed by atoms with van der Waals surface area (Å²) in [7, 11) is 0. The van der Waals surface area contributed by atoms with Gasteiger partial charge in [0, 0.05) is 23.5 Å². The third kappa shape index (κ3) is 3.35. The Morgan fingerprint density at radius 1 is 1.43 bits per heavy atom. The van der Waals surface area contributed by atoms with Gasteiger partial charge in [0.2, 0.25) is 0 Å². The van der Waals surface area contributed by atoms with E-state index >= 15 is 0 Å². The zero-order valence-corrected chi connectivity index (χ0v) is 13.7. The third-order valence-electron chi connectivity index (χ3n) is 4.33. The highest BCUT2D eigenvalue weighted by Crippen LogP contribution is 2.29. The molecule has 0 spiro atoms. The Morgan fingerprint density at radius 2 is 2.24 bits per heavy atom. The molecule has 2 aromatic rings. The van der Waals surface area contributed by atoms with Crippen LogP contribution in [-0.2, 0) is 6.42 Å². The van der Waals surface area contributed by atoms with Gasteiger partial charge in [0.25, 0.3) is 0 Å².